The van der Waals surface area contributed by atoms with Gasteiger partial charge in [-0.15, -0.1) is 11.3 Å². The van der Waals surface area contributed by atoms with E-state index in [1.807, 2.05) is 23.1 Å². The summed E-state index contributed by atoms with van der Waals surface area (Å²) in [5, 5.41) is 9.23. The average molecular weight is 526 g/mol. The van der Waals surface area contributed by atoms with Gasteiger partial charge in [-0.05, 0) is 57.1 Å². The Bertz CT molecular complexity index is 1260. The molecule has 190 valence electrons. The lowest BCUT2D eigenvalue weighted by atomic mass is 9.97. The van der Waals surface area contributed by atoms with E-state index in [0.29, 0.717) is 36.2 Å². The Labute approximate surface area is 218 Å². The average Bonchev–Trinajstić information content (AvgIpc) is 3.56. The fourth-order valence-corrected chi connectivity index (χ4v) is 6.63. The number of allylic oxidation sites excluding steroid dienone is 1. The molecule has 1 saturated heterocycles. The van der Waals surface area contributed by atoms with Crippen LogP contribution in [0.25, 0.3) is 10.2 Å². The predicted octanol–water partition coefficient (Wildman–Crippen LogP) is 5.79. The third-order valence-corrected chi connectivity index (χ3v) is 8.76. The molecule has 0 radical (unpaired) electrons. The van der Waals surface area contributed by atoms with Crippen molar-refractivity contribution in [2.75, 3.05) is 32.1 Å². The molecular formula is C26H31N5O3S2. The minimum absolute atomic E-state index is 0.0246. The first-order chi connectivity index (χ1) is 17.6. The Morgan fingerprint density at radius 3 is 2.83 bits per heavy atom. The molecular weight excluding hydrogens is 494 g/mol. The number of fused-ring (bicyclic) bond motifs is 1. The summed E-state index contributed by atoms with van der Waals surface area (Å²) in [7, 11) is 1.61. The number of nitrogens with zero attached hydrogens (tertiary/aromatic N) is 3. The summed E-state index contributed by atoms with van der Waals surface area (Å²) in [4.78, 5) is 36.4. The van der Waals surface area contributed by atoms with Crippen molar-refractivity contribution < 1.29 is 14.3 Å². The molecule has 2 aliphatic rings. The van der Waals surface area contributed by atoms with Crippen LogP contribution in [0.3, 0.4) is 0 Å². The first-order valence-electron chi connectivity index (χ1n) is 12.5. The van der Waals surface area contributed by atoms with Crippen LogP contribution in [-0.4, -0.2) is 53.6 Å². The number of carbonyl (C=O) groups excluding carboxylic acids is 2. The van der Waals surface area contributed by atoms with E-state index in [1.54, 1.807) is 12.5 Å². The molecule has 0 spiro atoms. The zero-order chi connectivity index (χ0) is 24.9. The molecule has 2 N–H and O–H groups in total. The smallest absolute Gasteiger partial charge is 0.317 e. The van der Waals surface area contributed by atoms with Crippen LogP contribution in [0.4, 0.5) is 9.93 Å². The number of nitrogens with one attached hydrogen (secondary N) is 2. The number of rotatable bonds is 7. The zero-order valence-corrected chi connectivity index (χ0v) is 22.1. The van der Waals surface area contributed by atoms with Crippen LogP contribution >= 0.6 is 22.7 Å². The number of hydrogen-bond donors (Lipinski definition) is 2. The Kier molecular flexibility index (Phi) is 7.81. The summed E-state index contributed by atoms with van der Waals surface area (Å²) in [6, 6.07) is 5.73. The van der Waals surface area contributed by atoms with E-state index in [4.69, 9.17) is 4.74 Å². The molecule has 0 atom stereocenters. The van der Waals surface area contributed by atoms with Crippen molar-refractivity contribution in [2.45, 2.75) is 50.9 Å². The molecule has 5 rings (SSSR count). The standard InChI is InChI=1S/C26H31N5O3S2/c1-34-20-8-5-9-21-22(20)29-25(36-21)30-23(32)19-16-35-24(28-19)18-11-14-31(15-12-18)26(33)27-13-10-17-6-3-2-4-7-17/h5-6,8-9,16,18H,2-4,7,10-15H2,1H3,(H,27,33)(H,29,30,32). The topological polar surface area (TPSA) is 96.5 Å². The SMILES string of the molecule is COc1cccc2sc(NC(=O)c3csc(C4CCN(C(=O)NCCC5=CCCCC5)CC4)n3)nc12. The molecule has 36 heavy (non-hydrogen) atoms. The van der Waals surface area contributed by atoms with E-state index in [0.717, 1.165) is 34.5 Å². The van der Waals surface area contributed by atoms with Gasteiger partial charge >= 0.3 is 6.03 Å². The second-order valence-electron chi connectivity index (χ2n) is 9.20. The number of amides is 3. The highest BCUT2D eigenvalue weighted by Crippen LogP contribution is 2.33. The third-order valence-electron chi connectivity index (χ3n) is 6.82. The van der Waals surface area contributed by atoms with Gasteiger partial charge in [0, 0.05) is 30.9 Å². The van der Waals surface area contributed by atoms with Crippen molar-refractivity contribution in [3.05, 3.63) is 45.9 Å². The van der Waals surface area contributed by atoms with Crippen LogP contribution in [0.15, 0.2) is 35.2 Å². The summed E-state index contributed by atoms with van der Waals surface area (Å²) in [5.74, 6) is 0.682. The Morgan fingerprint density at radius 2 is 2.06 bits per heavy atom. The number of thiazole rings is 2. The van der Waals surface area contributed by atoms with E-state index >= 15 is 0 Å². The van der Waals surface area contributed by atoms with E-state index in [9.17, 15) is 9.59 Å². The lowest BCUT2D eigenvalue weighted by Gasteiger charge is -2.31. The number of methoxy groups -OCH3 is 1. The maximum atomic E-state index is 12.8. The van der Waals surface area contributed by atoms with Crippen molar-refractivity contribution in [1.82, 2.24) is 20.2 Å². The largest absolute Gasteiger partial charge is 0.494 e. The highest BCUT2D eigenvalue weighted by Gasteiger charge is 2.26. The van der Waals surface area contributed by atoms with Gasteiger partial charge in [0.2, 0.25) is 0 Å². The number of ether oxygens (including phenoxy) is 1. The van der Waals surface area contributed by atoms with Crippen molar-refractivity contribution in [3.63, 3.8) is 0 Å². The van der Waals surface area contributed by atoms with Crippen molar-refractivity contribution in [2.24, 2.45) is 0 Å². The molecule has 2 aromatic heterocycles. The molecule has 0 bridgehead atoms. The molecule has 8 nitrogen and oxygen atoms in total. The summed E-state index contributed by atoms with van der Waals surface area (Å²) in [6.45, 7) is 2.11. The van der Waals surface area contributed by atoms with Crippen LogP contribution in [0.2, 0.25) is 0 Å². The van der Waals surface area contributed by atoms with Gasteiger partial charge in [-0.1, -0.05) is 29.1 Å². The predicted molar refractivity (Wildman–Crippen MR) is 144 cm³/mol. The van der Waals surface area contributed by atoms with Crippen LogP contribution in [-0.2, 0) is 0 Å². The fourth-order valence-electron chi connectivity index (χ4n) is 4.79. The Balaban J connectivity index is 1.11. The molecule has 1 aliphatic carbocycles. The second-order valence-corrected chi connectivity index (χ2v) is 11.1. The van der Waals surface area contributed by atoms with E-state index in [2.05, 4.69) is 26.7 Å². The molecule has 3 aromatic rings. The van der Waals surface area contributed by atoms with Gasteiger partial charge in [-0.3, -0.25) is 10.1 Å². The molecule has 0 saturated carbocycles. The highest BCUT2D eigenvalue weighted by molar-refractivity contribution is 7.22. The lowest BCUT2D eigenvalue weighted by molar-refractivity contribution is 0.102. The summed E-state index contributed by atoms with van der Waals surface area (Å²) >= 11 is 2.92. The van der Waals surface area contributed by atoms with E-state index in [-0.39, 0.29) is 17.9 Å². The summed E-state index contributed by atoms with van der Waals surface area (Å²) < 4.78 is 6.31. The molecule has 10 heteroatoms. The maximum Gasteiger partial charge on any atom is 0.317 e. The van der Waals surface area contributed by atoms with Crippen LogP contribution < -0.4 is 15.4 Å². The van der Waals surface area contributed by atoms with Crippen molar-refractivity contribution in [3.8, 4) is 5.75 Å². The highest BCUT2D eigenvalue weighted by atomic mass is 32.1. The second kappa shape index (κ2) is 11.4. The summed E-state index contributed by atoms with van der Waals surface area (Å²) in [5.41, 5.74) is 2.62. The van der Waals surface area contributed by atoms with Gasteiger partial charge in [0.15, 0.2) is 5.13 Å². The van der Waals surface area contributed by atoms with E-state index < -0.39 is 0 Å². The van der Waals surface area contributed by atoms with Gasteiger partial charge in [0.1, 0.15) is 17.0 Å². The molecule has 0 unspecified atom stereocenters. The molecule has 1 fully saturated rings. The van der Waals surface area contributed by atoms with Crippen LogP contribution in [0, 0.1) is 0 Å². The first-order valence-corrected chi connectivity index (χ1v) is 14.2. The van der Waals surface area contributed by atoms with E-state index in [1.165, 1.54) is 53.9 Å². The molecule has 3 amide bonds. The lowest BCUT2D eigenvalue weighted by Crippen LogP contribution is -2.44. The number of likely N-dealkylation sites (tertiary alicyclic amines) is 1. The number of piperidine rings is 1. The van der Waals surface area contributed by atoms with Crippen molar-refractivity contribution >= 4 is 50.0 Å². The third kappa shape index (κ3) is 5.70. The monoisotopic (exact) mass is 525 g/mol. The molecule has 1 aromatic carbocycles. The minimum atomic E-state index is -0.264. The maximum absolute atomic E-state index is 12.8. The Morgan fingerprint density at radius 1 is 1.19 bits per heavy atom. The number of urea groups is 1. The number of anilines is 1. The van der Waals surface area contributed by atoms with Gasteiger partial charge in [-0.2, -0.15) is 0 Å². The van der Waals surface area contributed by atoms with Crippen molar-refractivity contribution in [1.29, 1.82) is 0 Å². The number of para-hydroxylation sites is 1. The summed E-state index contributed by atoms with van der Waals surface area (Å²) in [6.07, 6.45) is 9.89. The molecule has 3 heterocycles. The van der Waals surface area contributed by atoms with Gasteiger partial charge in [0.05, 0.1) is 16.8 Å². The van der Waals surface area contributed by atoms with Crippen LogP contribution in [0.1, 0.15) is 66.4 Å². The van der Waals surface area contributed by atoms with Gasteiger partial charge in [-0.25, -0.2) is 14.8 Å². The number of benzene rings is 1. The zero-order valence-electron chi connectivity index (χ0n) is 20.4. The number of aromatic nitrogens is 2. The number of carbonyl (C=O) groups is 2. The quantitative estimate of drug-likeness (QED) is 0.381. The Hall–Kier alpha value is -2.98. The van der Waals surface area contributed by atoms with Gasteiger partial charge < -0.3 is 15.0 Å². The first kappa shape index (κ1) is 24.7. The van der Waals surface area contributed by atoms with Crippen LogP contribution in [0.5, 0.6) is 5.75 Å². The minimum Gasteiger partial charge on any atom is -0.494 e. The fraction of sp³-hybridized carbons (Fsp3) is 0.462. The molecule has 1 aliphatic heterocycles. The number of hydrogen-bond acceptors (Lipinski definition) is 7. The van der Waals surface area contributed by atoms with Gasteiger partial charge in [0.25, 0.3) is 5.91 Å². The normalized spacial score (nSPS) is 16.6.